The third kappa shape index (κ3) is 3.58. The SMILES string of the molecule is CN(C)CCCN(C)c1cc2c(cc1F)c(=O)c(C(=O)O)cn2C1CC1. The van der Waals surface area contributed by atoms with Gasteiger partial charge in [-0.2, -0.15) is 0 Å². The Morgan fingerprint density at radius 1 is 1.27 bits per heavy atom. The van der Waals surface area contributed by atoms with Gasteiger partial charge in [-0.15, -0.1) is 0 Å². The van der Waals surface area contributed by atoms with Crippen molar-refractivity contribution >= 4 is 22.6 Å². The van der Waals surface area contributed by atoms with Crippen LogP contribution in [-0.2, 0) is 0 Å². The van der Waals surface area contributed by atoms with E-state index in [2.05, 4.69) is 4.90 Å². The van der Waals surface area contributed by atoms with Crippen LogP contribution >= 0.6 is 0 Å². The van der Waals surface area contributed by atoms with Crippen molar-refractivity contribution in [2.24, 2.45) is 0 Å². The van der Waals surface area contributed by atoms with Crippen molar-refractivity contribution in [1.29, 1.82) is 0 Å². The van der Waals surface area contributed by atoms with Gasteiger partial charge in [0, 0.05) is 31.2 Å². The number of carbonyl (C=O) groups is 1. The molecule has 1 fully saturated rings. The third-order valence-electron chi connectivity index (χ3n) is 4.78. The second kappa shape index (κ2) is 7.07. The molecule has 0 bridgehead atoms. The van der Waals surface area contributed by atoms with Crippen molar-refractivity contribution in [2.45, 2.75) is 25.3 Å². The molecule has 7 heteroatoms. The van der Waals surface area contributed by atoms with Crippen LogP contribution in [0.15, 0.2) is 23.1 Å². The number of rotatable bonds is 7. The number of anilines is 1. The van der Waals surface area contributed by atoms with Crippen LogP contribution in [0.4, 0.5) is 10.1 Å². The summed E-state index contributed by atoms with van der Waals surface area (Å²) in [4.78, 5) is 27.8. The lowest BCUT2D eigenvalue weighted by molar-refractivity contribution is 0.0695. The zero-order valence-electron chi connectivity index (χ0n) is 15.3. The van der Waals surface area contributed by atoms with Gasteiger partial charge in [-0.1, -0.05) is 0 Å². The molecule has 6 nitrogen and oxygen atoms in total. The molecule has 0 spiro atoms. The van der Waals surface area contributed by atoms with Crippen LogP contribution in [0, 0.1) is 5.82 Å². The van der Waals surface area contributed by atoms with Gasteiger partial charge in [-0.25, -0.2) is 9.18 Å². The largest absolute Gasteiger partial charge is 0.477 e. The Morgan fingerprint density at radius 2 is 1.96 bits per heavy atom. The van der Waals surface area contributed by atoms with E-state index >= 15 is 0 Å². The number of carboxylic acid groups (broad SMARTS) is 1. The second-order valence-electron chi connectivity index (χ2n) is 7.21. The van der Waals surface area contributed by atoms with Gasteiger partial charge < -0.3 is 19.5 Å². The molecule has 1 aromatic carbocycles. The molecule has 0 aliphatic heterocycles. The lowest BCUT2D eigenvalue weighted by Crippen LogP contribution is -2.25. The Balaban J connectivity index is 2.06. The van der Waals surface area contributed by atoms with Crippen LogP contribution in [0.25, 0.3) is 10.9 Å². The summed E-state index contributed by atoms with van der Waals surface area (Å²) in [7, 11) is 5.81. The first-order valence-corrected chi connectivity index (χ1v) is 8.77. The third-order valence-corrected chi connectivity index (χ3v) is 4.78. The molecule has 26 heavy (non-hydrogen) atoms. The highest BCUT2D eigenvalue weighted by atomic mass is 19.1. The van der Waals surface area contributed by atoms with E-state index in [1.807, 2.05) is 30.6 Å². The Bertz CT molecular complexity index is 903. The molecule has 3 rings (SSSR count). The maximum atomic E-state index is 14.7. The van der Waals surface area contributed by atoms with Crippen molar-refractivity contribution in [2.75, 3.05) is 39.1 Å². The minimum atomic E-state index is -1.28. The number of benzene rings is 1. The first-order chi connectivity index (χ1) is 12.3. The van der Waals surface area contributed by atoms with Crippen molar-refractivity contribution < 1.29 is 14.3 Å². The van der Waals surface area contributed by atoms with Gasteiger partial charge in [0.2, 0.25) is 5.43 Å². The van der Waals surface area contributed by atoms with Crippen molar-refractivity contribution in [1.82, 2.24) is 9.47 Å². The molecule has 0 unspecified atom stereocenters. The van der Waals surface area contributed by atoms with Crippen LogP contribution in [0.5, 0.6) is 0 Å². The Morgan fingerprint density at radius 3 is 2.54 bits per heavy atom. The van der Waals surface area contributed by atoms with Gasteiger partial charge in [0.1, 0.15) is 11.4 Å². The number of carboxylic acids is 1. The molecular formula is C19H24FN3O3. The fourth-order valence-corrected chi connectivity index (χ4v) is 3.20. The lowest BCUT2D eigenvalue weighted by atomic mass is 10.1. The minimum absolute atomic E-state index is 0.125. The molecule has 2 aromatic rings. The minimum Gasteiger partial charge on any atom is -0.477 e. The first kappa shape index (κ1) is 18.4. The molecule has 1 N–H and O–H groups in total. The smallest absolute Gasteiger partial charge is 0.341 e. The Labute approximate surface area is 151 Å². The topological polar surface area (TPSA) is 65.8 Å². The van der Waals surface area contributed by atoms with Crippen LogP contribution < -0.4 is 10.3 Å². The van der Waals surface area contributed by atoms with E-state index in [-0.39, 0.29) is 17.0 Å². The van der Waals surface area contributed by atoms with Gasteiger partial charge in [0.05, 0.1) is 11.2 Å². The molecule has 1 heterocycles. The van der Waals surface area contributed by atoms with Crippen LogP contribution in [0.1, 0.15) is 35.7 Å². The molecule has 0 radical (unpaired) electrons. The van der Waals surface area contributed by atoms with Gasteiger partial charge in [0.15, 0.2) is 0 Å². The Hall–Kier alpha value is -2.41. The highest BCUT2D eigenvalue weighted by Crippen LogP contribution is 2.38. The Kier molecular flexibility index (Phi) is 5.00. The van der Waals surface area contributed by atoms with E-state index in [0.717, 1.165) is 25.8 Å². The zero-order valence-corrected chi connectivity index (χ0v) is 15.3. The van der Waals surface area contributed by atoms with E-state index in [1.165, 1.54) is 12.3 Å². The molecule has 0 saturated heterocycles. The van der Waals surface area contributed by atoms with Crippen molar-refractivity contribution in [3.8, 4) is 0 Å². The standard InChI is InChI=1S/C19H24FN3O3/c1-21(2)7-4-8-22(3)17-10-16-13(9-15(17)20)18(24)14(19(25)26)11-23(16)12-5-6-12/h9-12H,4-8H2,1-3H3,(H,25,26). The monoisotopic (exact) mass is 361 g/mol. The highest BCUT2D eigenvalue weighted by molar-refractivity contribution is 5.93. The van der Waals surface area contributed by atoms with E-state index < -0.39 is 17.2 Å². The zero-order chi connectivity index (χ0) is 19.0. The lowest BCUT2D eigenvalue weighted by Gasteiger charge is -2.22. The van der Waals surface area contributed by atoms with Crippen molar-refractivity contribution in [3.05, 3.63) is 39.9 Å². The highest BCUT2D eigenvalue weighted by Gasteiger charge is 2.27. The molecular weight excluding hydrogens is 337 g/mol. The maximum Gasteiger partial charge on any atom is 0.341 e. The number of fused-ring (bicyclic) bond motifs is 1. The number of aromatic carboxylic acids is 1. The summed E-state index contributed by atoms with van der Waals surface area (Å²) in [6.07, 6.45) is 4.15. The normalized spacial score (nSPS) is 14.2. The molecule has 1 aliphatic rings. The predicted molar refractivity (Wildman–Crippen MR) is 99.8 cm³/mol. The number of halogens is 1. The van der Waals surface area contributed by atoms with Crippen molar-refractivity contribution in [3.63, 3.8) is 0 Å². The van der Waals surface area contributed by atoms with Crippen LogP contribution in [0.3, 0.4) is 0 Å². The summed E-state index contributed by atoms with van der Waals surface area (Å²) in [5.41, 5.74) is 0.0764. The maximum absolute atomic E-state index is 14.7. The predicted octanol–water partition coefficient (Wildman–Crippen LogP) is 2.56. The number of hydrogen-bond donors (Lipinski definition) is 1. The van der Waals surface area contributed by atoms with Gasteiger partial charge >= 0.3 is 5.97 Å². The fourth-order valence-electron chi connectivity index (χ4n) is 3.20. The molecule has 1 aromatic heterocycles. The number of hydrogen-bond acceptors (Lipinski definition) is 4. The molecule has 1 saturated carbocycles. The first-order valence-electron chi connectivity index (χ1n) is 8.77. The van der Waals surface area contributed by atoms with E-state index in [1.54, 1.807) is 6.07 Å². The number of aromatic nitrogens is 1. The summed E-state index contributed by atoms with van der Waals surface area (Å²) in [5, 5.41) is 9.41. The number of pyridine rings is 1. The van der Waals surface area contributed by atoms with Crippen LogP contribution in [-0.4, -0.2) is 54.8 Å². The number of nitrogens with zero attached hydrogens (tertiary/aromatic N) is 3. The average molecular weight is 361 g/mol. The summed E-state index contributed by atoms with van der Waals surface area (Å²) >= 11 is 0. The van der Waals surface area contributed by atoms with E-state index in [0.29, 0.717) is 17.7 Å². The van der Waals surface area contributed by atoms with Gasteiger partial charge in [0.25, 0.3) is 0 Å². The summed E-state index contributed by atoms with van der Waals surface area (Å²) in [6, 6.07) is 3.03. The van der Waals surface area contributed by atoms with E-state index in [4.69, 9.17) is 0 Å². The van der Waals surface area contributed by atoms with Gasteiger partial charge in [-0.3, -0.25) is 4.79 Å². The molecule has 1 aliphatic carbocycles. The molecule has 0 amide bonds. The van der Waals surface area contributed by atoms with Gasteiger partial charge in [-0.05, 0) is 52.0 Å². The summed E-state index contributed by atoms with van der Waals surface area (Å²) in [5.74, 6) is -1.79. The molecule has 140 valence electrons. The quantitative estimate of drug-likeness (QED) is 0.821. The second-order valence-corrected chi connectivity index (χ2v) is 7.21. The molecule has 0 atom stereocenters. The summed E-state index contributed by atoms with van der Waals surface area (Å²) in [6.45, 7) is 1.58. The summed E-state index contributed by atoms with van der Waals surface area (Å²) < 4.78 is 16.5. The fraction of sp³-hybridized carbons (Fsp3) is 0.474. The van der Waals surface area contributed by atoms with Crippen LogP contribution in [0.2, 0.25) is 0 Å². The average Bonchev–Trinajstić information content (AvgIpc) is 3.39. The van der Waals surface area contributed by atoms with E-state index in [9.17, 15) is 19.1 Å².